The molecule has 0 heterocycles. The van der Waals surface area contributed by atoms with Crippen LogP contribution in [-0.4, -0.2) is 36.1 Å². The van der Waals surface area contributed by atoms with Crippen molar-refractivity contribution in [3.8, 4) is 0 Å². The predicted octanol–water partition coefficient (Wildman–Crippen LogP) is 0.223. The first kappa shape index (κ1) is 13.1. The smallest absolute Gasteiger partial charge is 0.320 e. The molecule has 0 spiro atoms. The van der Waals surface area contributed by atoms with Crippen molar-refractivity contribution >= 4 is 21.9 Å². The van der Waals surface area contributed by atoms with E-state index in [-0.39, 0.29) is 17.6 Å². The van der Waals surface area contributed by atoms with Gasteiger partial charge in [-0.1, -0.05) is 0 Å². The monoisotopic (exact) mass is 287 g/mol. The van der Waals surface area contributed by atoms with Crippen LogP contribution in [0, 0.1) is 17.8 Å². The van der Waals surface area contributed by atoms with Gasteiger partial charge < -0.3 is 9.29 Å². The minimum absolute atomic E-state index is 0.0529. The van der Waals surface area contributed by atoms with Gasteiger partial charge in [-0.3, -0.25) is 9.59 Å². The maximum atomic E-state index is 11.9. The second-order valence-corrected chi connectivity index (χ2v) is 7.51. The second kappa shape index (κ2) is 4.02. The quantitative estimate of drug-likeness (QED) is 0.544. The molecule has 0 aliphatic heterocycles. The van der Waals surface area contributed by atoms with E-state index in [0.29, 0.717) is 25.2 Å². The molecule has 0 amide bonds. The van der Waals surface area contributed by atoms with E-state index < -0.39 is 27.4 Å². The van der Waals surface area contributed by atoms with E-state index in [4.69, 9.17) is 4.74 Å². The van der Waals surface area contributed by atoms with Crippen molar-refractivity contribution in [1.82, 2.24) is 0 Å². The zero-order valence-corrected chi connectivity index (χ0v) is 11.1. The molecule has 0 saturated heterocycles. The van der Waals surface area contributed by atoms with Crippen LogP contribution in [0.5, 0.6) is 0 Å². The SMILES string of the molecule is O=C(CS(=O)(=O)[O-])OC12CC3CC(C1)C(=O)C(C3)C2. The average Bonchev–Trinajstić information content (AvgIpc) is 2.20. The van der Waals surface area contributed by atoms with Gasteiger partial charge in [0.05, 0.1) is 0 Å². The van der Waals surface area contributed by atoms with Gasteiger partial charge in [0.25, 0.3) is 0 Å². The summed E-state index contributed by atoms with van der Waals surface area (Å²) < 4.78 is 37.0. The molecule has 4 aliphatic carbocycles. The maximum Gasteiger partial charge on any atom is 0.320 e. The molecule has 0 aromatic heterocycles. The molecule has 4 saturated carbocycles. The fourth-order valence-corrected chi connectivity index (χ4v) is 4.56. The number of rotatable bonds is 3. The summed E-state index contributed by atoms with van der Waals surface area (Å²) in [7, 11) is -4.61. The van der Waals surface area contributed by atoms with E-state index in [2.05, 4.69) is 0 Å². The summed E-state index contributed by atoms with van der Waals surface area (Å²) in [5.74, 6) is -1.57. The van der Waals surface area contributed by atoms with Gasteiger partial charge in [-0.15, -0.1) is 0 Å². The number of esters is 1. The Balaban J connectivity index is 1.75. The molecular weight excluding hydrogens is 272 g/mol. The van der Waals surface area contributed by atoms with Crippen LogP contribution in [0.4, 0.5) is 0 Å². The summed E-state index contributed by atoms with van der Waals surface area (Å²) in [5, 5.41) is 0. The highest BCUT2D eigenvalue weighted by molar-refractivity contribution is 7.86. The number of ether oxygens (including phenoxy) is 1. The number of hydrogen-bond donors (Lipinski definition) is 0. The topological polar surface area (TPSA) is 101 Å². The molecule has 0 aromatic carbocycles. The minimum atomic E-state index is -4.61. The number of carbonyl (C=O) groups excluding carboxylic acids is 2. The van der Waals surface area contributed by atoms with E-state index in [9.17, 15) is 22.6 Å². The van der Waals surface area contributed by atoms with Crippen LogP contribution in [0.2, 0.25) is 0 Å². The Morgan fingerprint density at radius 2 is 1.84 bits per heavy atom. The summed E-state index contributed by atoms with van der Waals surface area (Å²) in [6, 6.07) is 0. The molecule has 4 aliphatic rings. The highest BCUT2D eigenvalue weighted by Gasteiger charge is 2.57. The van der Waals surface area contributed by atoms with Crippen LogP contribution >= 0.6 is 0 Å². The molecule has 106 valence electrons. The largest absolute Gasteiger partial charge is 0.748 e. The van der Waals surface area contributed by atoms with Crippen molar-refractivity contribution in [1.29, 1.82) is 0 Å². The molecule has 0 N–H and O–H groups in total. The molecule has 2 atom stereocenters. The standard InChI is InChI=1S/C12H16O6S/c13-10(6-19(15,16)17)18-12-3-7-1-8(4-12)11(14)9(2-7)5-12/h7-9H,1-6H2,(H,15,16,17)/p-1. The summed E-state index contributed by atoms with van der Waals surface area (Å²) in [5.41, 5.74) is -0.702. The second-order valence-electron chi connectivity index (χ2n) is 6.11. The van der Waals surface area contributed by atoms with E-state index >= 15 is 0 Å². The number of Topliss-reactive ketones (excluding diaryl/α,β-unsaturated/α-hetero) is 1. The minimum Gasteiger partial charge on any atom is -0.748 e. The van der Waals surface area contributed by atoms with Gasteiger partial charge >= 0.3 is 5.97 Å². The van der Waals surface area contributed by atoms with Crippen LogP contribution in [0.3, 0.4) is 0 Å². The lowest BCUT2D eigenvalue weighted by Crippen LogP contribution is -2.57. The maximum absolute atomic E-state index is 11.9. The summed E-state index contributed by atoms with van der Waals surface area (Å²) in [6.45, 7) is 0. The Morgan fingerprint density at radius 3 is 2.37 bits per heavy atom. The van der Waals surface area contributed by atoms with Gasteiger partial charge in [-0.05, 0) is 38.0 Å². The molecule has 2 unspecified atom stereocenters. The Morgan fingerprint density at radius 1 is 1.26 bits per heavy atom. The zero-order chi connectivity index (χ0) is 13.8. The van der Waals surface area contributed by atoms with Crippen molar-refractivity contribution in [3.63, 3.8) is 0 Å². The molecule has 0 aromatic rings. The van der Waals surface area contributed by atoms with Gasteiger partial charge in [-0.25, -0.2) is 8.42 Å². The summed E-state index contributed by atoms with van der Waals surface area (Å²) in [6.07, 6.45) is 3.38. The van der Waals surface area contributed by atoms with E-state index in [0.717, 1.165) is 12.8 Å². The van der Waals surface area contributed by atoms with Gasteiger partial charge in [-0.2, -0.15) is 0 Å². The lowest BCUT2D eigenvalue weighted by Gasteiger charge is -2.54. The third-order valence-corrected chi connectivity index (χ3v) is 5.15. The average molecular weight is 287 g/mol. The Hall–Kier alpha value is -0.950. The first-order valence-corrected chi connectivity index (χ1v) is 8.03. The molecular formula is C12H15O6S-. The molecule has 0 radical (unpaired) electrons. The third kappa shape index (κ3) is 2.41. The summed E-state index contributed by atoms with van der Waals surface area (Å²) in [4.78, 5) is 23.5. The fourth-order valence-electron chi connectivity index (χ4n) is 4.22. The van der Waals surface area contributed by atoms with E-state index in [1.165, 1.54) is 0 Å². The fraction of sp³-hybridized carbons (Fsp3) is 0.833. The summed E-state index contributed by atoms with van der Waals surface area (Å²) >= 11 is 0. The molecule has 7 heteroatoms. The molecule has 4 rings (SSSR count). The lowest BCUT2D eigenvalue weighted by molar-refractivity contribution is -0.187. The lowest BCUT2D eigenvalue weighted by atomic mass is 9.53. The Labute approximate surface area is 111 Å². The molecule has 4 bridgehead atoms. The Bertz CT molecular complexity index is 518. The van der Waals surface area contributed by atoms with Crippen molar-refractivity contribution in [2.75, 3.05) is 5.75 Å². The molecule has 19 heavy (non-hydrogen) atoms. The molecule has 4 fully saturated rings. The van der Waals surface area contributed by atoms with E-state index in [1.54, 1.807) is 0 Å². The first-order chi connectivity index (χ1) is 8.76. The number of ketones is 1. The van der Waals surface area contributed by atoms with Crippen molar-refractivity contribution < 1.29 is 27.3 Å². The molecule has 6 nitrogen and oxygen atoms in total. The highest BCUT2D eigenvalue weighted by atomic mass is 32.2. The van der Waals surface area contributed by atoms with Crippen molar-refractivity contribution in [2.45, 2.75) is 37.7 Å². The predicted molar refractivity (Wildman–Crippen MR) is 61.9 cm³/mol. The van der Waals surface area contributed by atoms with Gasteiger partial charge in [0, 0.05) is 11.8 Å². The van der Waals surface area contributed by atoms with Crippen LogP contribution in [0.25, 0.3) is 0 Å². The van der Waals surface area contributed by atoms with Crippen LogP contribution < -0.4 is 0 Å². The highest BCUT2D eigenvalue weighted by Crippen LogP contribution is 2.55. The van der Waals surface area contributed by atoms with Crippen molar-refractivity contribution in [3.05, 3.63) is 0 Å². The number of hydrogen-bond acceptors (Lipinski definition) is 6. The normalized spacial score (nSPS) is 40.5. The van der Waals surface area contributed by atoms with Crippen LogP contribution in [0.15, 0.2) is 0 Å². The first-order valence-electron chi connectivity index (χ1n) is 6.45. The van der Waals surface area contributed by atoms with Gasteiger partial charge in [0.1, 0.15) is 27.3 Å². The van der Waals surface area contributed by atoms with Gasteiger partial charge in [0.15, 0.2) is 0 Å². The van der Waals surface area contributed by atoms with Crippen molar-refractivity contribution in [2.24, 2.45) is 17.8 Å². The zero-order valence-electron chi connectivity index (χ0n) is 10.3. The van der Waals surface area contributed by atoms with E-state index in [1.807, 2.05) is 0 Å². The number of carbonyl (C=O) groups is 2. The Kier molecular flexibility index (Phi) is 2.76. The van der Waals surface area contributed by atoms with Crippen LogP contribution in [0.1, 0.15) is 32.1 Å². The van der Waals surface area contributed by atoms with Crippen LogP contribution in [-0.2, 0) is 24.4 Å². The van der Waals surface area contributed by atoms with Gasteiger partial charge in [0.2, 0.25) is 0 Å². The third-order valence-electron chi connectivity index (χ3n) is 4.56.